The molecule has 0 aliphatic carbocycles. The summed E-state index contributed by atoms with van der Waals surface area (Å²) in [5, 5.41) is 17.8. The predicted molar refractivity (Wildman–Crippen MR) is 60.7 cm³/mol. The second-order valence-corrected chi connectivity index (χ2v) is 3.93. The lowest BCUT2D eigenvalue weighted by molar-refractivity contribution is 0.237. The number of hydrogen-bond donors (Lipinski definition) is 1. The molecule has 1 aromatic rings. The summed E-state index contributed by atoms with van der Waals surface area (Å²) in [4.78, 5) is 6.39. The summed E-state index contributed by atoms with van der Waals surface area (Å²) in [5.41, 5.74) is 0.575. The summed E-state index contributed by atoms with van der Waals surface area (Å²) < 4.78 is 0. The quantitative estimate of drug-likeness (QED) is 0.800. The second-order valence-electron chi connectivity index (χ2n) is 3.93. The van der Waals surface area contributed by atoms with Crippen LogP contribution >= 0.6 is 0 Å². The van der Waals surface area contributed by atoms with Gasteiger partial charge in [0.1, 0.15) is 11.9 Å². The van der Waals surface area contributed by atoms with Crippen molar-refractivity contribution in [3.8, 4) is 6.07 Å². The third-order valence-electron chi connectivity index (χ3n) is 2.79. The van der Waals surface area contributed by atoms with Crippen LogP contribution in [0.25, 0.3) is 0 Å². The lowest BCUT2D eigenvalue weighted by Crippen LogP contribution is -2.37. The van der Waals surface area contributed by atoms with Gasteiger partial charge < -0.3 is 10.0 Å². The van der Waals surface area contributed by atoms with E-state index in [0.29, 0.717) is 5.56 Å². The maximum absolute atomic E-state index is 9.12. The van der Waals surface area contributed by atoms with Gasteiger partial charge in [0.05, 0.1) is 5.56 Å². The molecule has 4 nitrogen and oxygen atoms in total. The number of nitrogens with zero attached hydrogens (tertiary/aromatic N) is 3. The molecular weight excluding hydrogens is 202 g/mol. The van der Waals surface area contributed by atoms with E-state index in [4.69, 9.17) is 10.4 Å². The molecule has 1 atom stereocenters. The van der Waals surface area contributed by atoms with Crippen LogP contribution in [0.15, 0.2) is 18.3 Å². The summed E-state index contributed by atoms with van der Waals surface area (Å²) in [5.74, 6) is 1.11. The van der Waals surface area contributed by atoms with Crippen LogP contribution in [0.1, 0.15) is 12.0 Å². The number of hydrogen-bond acceptors (Lipinski definition) is 4. The zero-order valence-corrected chi connectivity index (χ0v) is 9.00. The molecule has 2 rings (SSSR count). The first-order valence-electron chi connectivity index (χ1n) is 5.39. The van der Waals surface area contributed by atoms with Gasteiger partial charge in [0, 0.05) is 31.8 Å². The number of anilines is 1. The molecule has 1 unspecified atom stereocenters. The van der Waals surface area contributed by atoms with E-state index >= 15 is 0 Å². The fourth-order valence-electron chi connectivity index (χ4n) is 1.89. The molecule has 1 aliphatic rings. The summed E-state index contributed by atoms with van der Waals surface area (Å²) in [6.45, 7) is 1.91. The third kappa shape index (κ3) is 2.31. The van der Waals surface area contributed by atoms with Crippen molar-refractivity contribution in [3.63, 3.8) is 0 Å². The molecule has 0 saturated carbocycles. The van der Waals surface area contributed by atoms with E-state index in [1.807, 2.05) is 12.1 Å². The van der Waals surface area contributed by atoms with E-state index in [1.165, 1.54) is 0 Å². The van der Waals surface area contributed by atoms with Gasteiger partial charge in [0.2, 0.25) is 0 Å². The van der Waals surface area contributed by atoms with Gasteiger partial charge in [-0.25, -0.2) is 4.98 Å². The Morgan fingerprint density at radius 3 is 3.06 bits per heavy atom. The SMILES string of the molecule is N#Cc1ccc(N2CC[CH]C(CO)C2)nc1. The number of rotatable bonds is 2. The minimum absolute atomic E-state index is 0.187. The van der Waals surface area contributed by atoms with Crippen LogP contribution < -0.4 is 4.90 Å². The summed E-state index contributed by atoms with van der Waals surface area (Å²) in [6.07, 6.45) is 4.70. The number of pyridine rings is 1. The first-order chi connectivity index (χ1) is 7.83. The van der Waals surface area contributed by atoms with Crippen LogP contribution in [0.3, 0.4) is 0 Å². The smallest absolute Gasteiger partial charge is 0.128 e. The molecule has 0 amide bonds. The molecular formula is C12H14N3O. The highest BCUT2D eigenvalue weighted by atomic mass is 16.3. The topological polar surface area (TPSA) is 60.2 Å². The minimum Gasteiger partial charge on any atom is -0.396 e. The van der Waals surface area contributed by atoms with Crippen molar-refractivity contribution in [1.82, 2.24) is 4.98 Å². The Bertz CT molecular complexity index is 382. The lowest BCUT2D eigenvalue weighted by atomic mass is 9.99. The second kappa shape index (κ2) is 4.95. The molecule has 1 saturated heterocycles. The van der Waals surface area contributed by atoms with Crippen LogP contribution in [0, 0.1) is 23.7 Å². The van der Waals surface area contributed by atoms with Crippen molar-refractivity contribution in [2.45, 2.75) is 6.42 Å². The molecule has 0 bridgehead atoms. The Hall–Kier alpha value is -1.60. The Labute approximate surface area is 95.1 Å². The standard InChI is InChI=1S/C12H14N3O/c13-6-10-3-4-12(14-7-10)15-5-1-2-11(8-15)9-16/h2-4,7,11,16H,1,5,8-9H2. The third-order valence-corrected chi connectivity index (χ3v) is 2.79. The van der Waals surface area contributed by atoms with Crippen LogP contribution in [0.5, 0.6) is 0 Å². The number of aliphatic hydroxyl groups excluding tert-OH is 1. The maximum Gasteiger partial charge on any atom is 0.128 e. The fraction of sp³-hybridized carbons (Fsp3) is 0.417. The van der Waals surface area contributed by atoms with Gasteiger partial charge in [-0.3, -0.25) is 0 Å². The van der Waals surface area contributed by atoms with E-state index in [-0.39, 0.29) is 12.5 Å². The van der Waals surface area contributed by atoms with Crippen molar-refractivity contribution >= 4 is 5.82 Å². The molecule has 83 valence electrons. The van der Waals surface area contributed by atoms with Crippen LogP contribution in [0.4, 0.5) is 5.82 Å². The molecule has 16 heavy (non-hydrogen) atoms. The molecule has 4 heteroatoms. The average Bonchev–Trinajstić information content (AvgIpc) is 2.39. The number of piperidine rings is 1. The lowest BCUT2D eigenvalue weighted by Gasteiger charge is -2.32. The fourth-order valence-corrected chi connectivity index (χ4v) is 1.89. The van der Waals surface area contributed by atoms with Gasteiger partial charge >= 0.3 is 0 Å². The largest absolute Gasteiger partial charge is 0.396 e. The Morgan fingerprint density at radius 1 is 1.56 bits per heavy atom. The highest BCUT2D eigenvalue weighted by Crippen LogP contribution is 2.20. The van der Waals surface area contributed by atoms with Crippen molar-refractivity contribution in [3.05, 3.63) is 30.3 Å². The van der Waals surface area contributed by atoms with Gasteiger partial charge in [-0.05, 0) is 25.0 Å². The normalized spacial score (nSPS) is 20.5. The van der Waals surface area contributed by atoms with Crippen molar-refractivity contribution in [1.29, 1.82) is 5.26 Å². The minimum atomic E-state index is 0.187. The molecule has 0 aromatic carbocycles. The van der Waals surface area contributed by atoms with Crippen LogP contribution in [-0.2, 0) is 0 Å². The van der Waals surface area contributed by atoms with E-state index in [9.17, 15) is 0 Å². The van der Waals surface area contributed by atoms with Gasteiger partial charge in [0.25, 0.3) is 0 Å². The summed E-state index contributed by atoms with van der Waals surface area (Å²) >= 11 is 0. The van der Waals surface area contributed by atoms with Crippen molar-refractivity contribution in [2.75, 3.05) is 24.6 Å². The molecule has 0 spiro atoms. The molecule has 2 heterocycles. The van der Waals surface area contributed by atoms with E-state index in [0.717, 1.165) is 25.3 Å². The van der Waals surface area contributed by atoms with E-state index in [1.54, 1.807) is 12.3 Å². The Morgan fingerprint density at radius 2 is 2.44 bits per heavy atom. The van der Waals surface area contributed by atoms with Crippen LogP contribution in [0.2, 0.25) is 0 Å². The van der Waals surface area contributed by atoms with E-state index < -0.39 is 0 Å². The highest BCUT2D eigenvalue weighted by molar-refractivity contribution is 5.42. The van der Waals surface area contributed by atoms with Gasteiger partial charge in [-0.2, -0.15) is 5.26 Å². The highest BCUT2D eigenvalue weighted by Gasteiger charge is 2.20. The molecule has 1 aromatic heterocycles. The van der Waals surface area contributed by atoms with Gasteiger partial charge in [-0.1, -0.05) is 0 Å². The monoisotopic (exact) mass is 216 g/mol. The maximum atomic E-state index is 9.12. The first kappa shape index (κ1) is 10.9. The molecule has 1 N–H and O–H groups in total. The summed E-state index contributed by atoms with van der Waals surface area (Å²) in [6, 6.07) is 5.68. The Kier molecular flexibility index (Phi) is 3.37. The average molecular weight is 216 g/mol. The Balaban J connectivity index is 2.08. The van der Waals surface area contributed by atoms with Gasteiger partial charge in [-0.15, -0.1) is 0 Å². The van der Waals surface area contributed by atoms with Crippen LogP contribution in [-0.4, -0.2) is 29.8 Å². The zero-order valence-electron chi connectivity index (χ0n) is 9.00. The number of aliphatic hydroxyl groups is 1. The molecule has 1 aliphatic heterocycles. The predicted octanol–water partition coefficient (Wildman–Crippen LogP) is 0.976. The molecule has 1 radical (unpaired) electrons. The number of aromatic nitrogens is 1. The molecule has 1 fully saturated rings. The van der Waals surface area contributed by atoms with Crippen molar-refractivity contribution in [2.24, 2.45) is 5.92 Å². The first-order valence-corrected chi connectivity index (χ1v) is 5.39. The number of nitriles is 1. The zero-order chi connectivity index (χ0) is 11.4. The van der Waals surface area contributed by atoms with Crippen molar-refractivity contribution < 1.29 is 5.11 Å². The van der Waals surface area contributed by atoms with E-state index in [2.05, 4.69) is 16.3 Å². The summed E-state index contributed by atoms with van der Waals surface area (Å²) in [7, 11) is 0. The van der Waals surface area contributed by atoms with Gasteiger partial charge in [0.15, 0.2) is 0 Å².